The van der Waals surface area contributed by atoms with E-state index in [1.54, 1.807) is 11.8 Å². The Bertz CT molecular complexity index is 753. The first-order valence-electron chi connectivity index (χ1n) is 8.34. The van der Waals surface area contributed by atoms with Crippen molar-refractivity contribution < 1.29 is 18.6 Å². The Balaban J connectivity index is 1.56. The molecule has 1 aliphatic heterocycles. The van der Waals surface area contributed by atoms with Gasteiger partial charge < -0.3 is 18.7 Å². The van der Waals surface area contributed by atoms with E-state index < -0.39 is 6.10 Å². The lowest BCUT2D eigenvalue weighted by atomic mass is 9.96. The molecule has 24 heavy (non-hydrogen) atoms. The second kappa shape index (κ2) is 6.01. The van der Waals surface area contributed by atoms with Crippen LogP contribution in [0.5, 0.6) is 0 Å². The van der Waals surface area contributed by atoms with Crippen molar-refractivity contribution in [2.24, 2.45) is 0 Å². The van der Waals surface area contributed by atoms with Crippen molar-refractivity contribution >= 4 is 5.91 Å². The Hall–Kier alpha value is -2.22. The zero-order chi connectivity index (χ0) is 16.7. The van der Waals surface area contributed by atoms with Gasteiger partial charge in [-0.15, -0.1) is 0 Å². The Labute approximate surface area is 139 Å². The molecule has 0 aromatic carbocycles. The minimum absolute atomic E-state index is 0.113. The summed E-state index contributed by atoms with van der Waals surface area (Å²) in [5.41, 5.74) is 1.41. The minimum Gasteiger partial charge on any atom is -0.362 e. The number of aryl methyl sites for hydroxylation is 2. The highest BCUT2D eigenvalue weighted by molar-refractivity contribution is 5.94. The summed E-state index contributed by atoms with van der Waals surface area (Å²) in [6, 6.07) is 0. The van der Waals surface area contributed by atoms with E-state index in [4.69, 9.17) is 13.8 Å². The summed E-state index contributed by atoms with van der Waals surface area (Å²) in [7, 11) is 0. The number of carbonyl (C=O) groups is 1. The number of fused-ring (bicyclic) bond motifs is 1. The van der Waals surface area contributed by atoms with Gasteiger partial charge in [0.15, 0.2) is 17.6 Å². The van der Waals surface area contributed by atoms with Gasteiger partial charge in [0.1, 0.15) is 5.76 Å². The van der Waals surface area contributed by atoms with Crippen LogP contribution in [0.25, 0.3) is 0 Å². The van der Waals surface area contributed by atoms with E-state index in [2.05, 4.69) is 15.3 Å². The largest absolute Gasteiger partial charge is 0.362 e. The van der Waals surface area contributed by atoms with Crippen LogP contribution in [0.15, 0.2) is 9.05 Å². The first kappa shape index (κ1) is 15.3. The summed E-state index contributed by atoms with van der Waals surface area (Å²) in [5, 5.41) is 7.84. The molecule has 2 aromatic heterocycles. The molecule has 1 amide bonds. The van der Waals surface area contributed by atoms with Crippen molar-refractivity contribution in [1.29, 1.82) is 0 Å². The molecule has 8 heteroatoms. The number of morpholine rings is 1. The third-order valence-electron chi connectivity index (χ3n) is 4.52. The molecule has 1 aliphatic carbocycles. The summed E-state index contributed by atoms with van der Waals surface area (Å²) < 4.78 is 16.4. The Morgan fingerprint density at radius 3 is 2.79 bits per heavy atom. The summed E-state index contributed by atoms with van der Waals surface area (Å²) in [6.45, 7) is 4.55. The van der Waals surface area contributed by atoms with E-state index in [9.17, 15) is 4.79 Å². The van der Waals surface area contributed by atoms with Gasteiger partial charge in [-0.25, -0.2) is 0 Å². The minimum atomic E-state index is -0.415. The average molecular weight is 332 g/mol. The number of rotatable bonds is 2. The van der Waals surface area contributed by atoms with Crippen LogP contribution in [-0.2, 0) is 17.6 Å². The first-order chi connectivity index (χ1) is 11.6. The van der Waals surface area contributed by atoms with Crippen molar-refractivity contribution in [2.75, 3.05) is 13.1 Å². The maximum Gasteiger partial charge on any atom is 0.276 e. The van der Waals surface area contributed by atoms with Gasteiger partial charge >= 0.3 is 0 Å². The summed E-state index contributed by atoms with van der Waals surface area (Å²) >= 11 is 0. The molecule has 3 heterocycles. The maximum atomic E-state index is 12.9. The van der Waals surface area contributed by atoms with Crippen LogP contribution < -0.4 is 0 Å². The normalized spacial score (nSPS) is 24.0. The van der Waals surface area contributed by atoms with Gasteiger partial charge in [-0.1, -0.05) is 10.3 Å². The average Bonchev–Trinajstić information content (AvgIpc) is 3.20. The van der Waals surface area contributed by atoms with Crippen LogP contribution in [0.2, 0.25) is 0 Å². The highest BCUT2D eigenvalue weighted by Gasteiger charge is 2.35. The number of aromatic nitrogens is 3. The third kappa shape index (κ3) is 2.71. The molecule has 1 fully saturated rings. The van der Waals surface area contributed by atoms with E-state index >= 15 is 0 Å². The molecule has 0 radical (unpaired) electrons. The number of carbonyl (C=O) groups excluding carboxylic acids is 1. The first-order valence-corrected chi connectivity index (χ1v) is 8.34. The molecule has 0 spiro atoms. The predicted molar refractivity (Wildman–Crippen MR) is 81.4 cm³/mol. The molecule has 0 bridgehead atoms. The summed E-state index contributed by atoms with van der Waals surface area (Å²) in [6.07, 6.45) is 3.33. The van der Waals surface area contributed by atoms with Crippen molar-refractivity contribution in [1.82, 2.24) is 20.2 Å². The molecule has 2 aromatic rings. The lowest BCUT2D eigenvalue weighted by Gasteiger charge is -2.34. The fraction of sp³-hybridized carbons (Fsp3) is 0.625. The number of nitrogens with zero attached hydrogens (tertiary/aromatic N) is 4. The molecular weight excluding hydrogens is 312 g/mol. The molecule has 0 saturated carbocycles. The zero-order valence-corrected chi connectivity index (χ0v) is 13.8. The monoisotopic (exact) mass is 332 g/mol. The number of hydrogen-bond donors (Lipinski definition) is 0. The fourth-order valence-corrected chi connectivity index (χ4v) is 3.40. The second-order valence-electron chi connectivity index (χ2n) is 6.47. The topological polar surface area (TPSA) is 94.5 Å². The number of hydrogen-bond acceptors (Lipinski definition) is 7. The third-order valence-corrected chi connectivity index (χ3v) is 4.52. The summed E-state index contributed by atoms with van der Waals surface area (Å²) in [4.78, 5) is 18.9. The zero-order valence-electron chi connectivity index (χ0n) is 13.8. The Morgan fingerprint density at radius 2 is 2.00 bits per heavy atom. The Morgan fingerprint density at radius 1 is 1.17 bits per heavy atom. The van der Waals surface area contributed by atoms with Gasteiger partial charge in [0.05, 0.1) is 12.6 Å². The highest BCUT2D eigenvalue weighted by atomic mass is 16.5. The lowest BCUT2D eigenvalue weighted by molar-refractivity contribution is -0.0812. The van der Waals surface area contributed by atoms with Crippen LogP contribution in [0, 0.1) is 6.92 Å². The smallest absolute Gasteiger partial charge is 0.276 e. The molecule has 0 unspecified atom stereocenters. The molecule has 2 aliphatic rings. The standard InChI is InChI=1S/C16H20N4O4/c1-9-7-20(8-13(22-9)15-17-10(2)18-24-15)16(21)14-11-5-3-4-6-12(11)23-19-14/h9,13H,3-8H2,1-2H3/t9-,13-/m1/s1. The summed E-state index contributed by atoms with van der Waals surface area (Å²) in [5.74, 6) is 1.70. The highest BCUT2D eigenvalue weighted by Crippen LogP contribution is 2.28. The molecule has 8 nitrogen and oxygen atoms in total. The fourth-order valence-electron chi connectivity index (χ4n) is 3.40. The van der Waals surface area contributed by atoms with Crippen LogP contribution in [0.3, 0.4) is 0 Å². The van der Waals surface area contributed by atoms with E-state index in [0.29, 0.717) is 30.5 Å². The van der Waals surface area contributed by atoms with E-state index in [1.807, 2.05) is 6.92 Å². The molecule has 128 valence electrons. The van der Waals surface area contributed by atoms with Crippen LogP contribution in [-0.4, -0.2) is 45.3 Å². The van der Waals surface area contributed by atoms with E-state index in [0.717, 1.165) is 37.0 Å². The van der Waals surface area contributed by atoms with Crippen molar-refractivity contribution in [2.45, 2.75) is 51.7 Å². The predicted octanol–water partition coefficient (Wildman–Crippen LogP) is 1.85. The van der Waals surface area contributed by atoms with Crippen molar-refractivity contribution in [3.05, 3.63) is 28.7 Å². The van der Waals surface area contributed by atoms with Crippen LogP contribution in [0.1, 0.15) is 59.4 Å². The second-order valence-corrected chi connectivity index (χ2v) is 6.47. The number of amides is 1. The lowest BCUT2D eigenvalue weighted by Crippen LogP contribution is -2.46. The van der Waals surface area contributed by atoms with Gasteiger partial charge in [0, 0.05) is 18.5 Å². The molecule has 2 atom stereocenters. The molecule has 0 N–H and O–H groups in total. The van der Waals surface area contributed by atoms with Gasteiger partial charge in [0.25, 0.3) is 11.8 Å². The van der Waals surface area contributed by atoms with Crippen LogP contribution >= 0.6 is 0 Å². The van der Waals surface area contributed by atoms with Crippen molar-refractivity contribution in [3.63, 3.8) is 0 Å². The molecule has 1 saturated heterocycles. The van der Waals surface area contributed by atoms with Gasteiger partial charge in [-0.2, -0.15) is 4.98 Å². The van der Waals surface area contributed by atoms with Crippen LogP contribution in [0.4, 0.5) is 0 Å². The Kier molecular flexibility index (Phi) is 3.84. The SMILES string of the molecule is Cc1noc([C@H]2CN(C(=O)c3noc4c3CCCC4)C[C@@H](C)O2)n1. The maximum absolute atomic E-state index is 12.9. The molecular formula is C16H20N4O4. The van der Waals surface area contributed by atoms with Gasteiger partial charge in [-0.3, -0.25) is 4.79 Å². The van der Waals surface area contributed by atoms with E-state index in [-0.39, 0.29) is 12.0 Å². The molecule has 4 rings (SSSR count). The van der Waals surface area contributed by atoms with Gasteiger partial charge in [-0.05, 0) is 33.1 Å². The number of ether oxygens (including phenoxy) is 1. The van der Waals surface area contributed by atoms with Gasteiger partial charge in [0.2, 0.25) is 0 Å². The quantitative estimate of drug-likeness (QED) is 0.828. The van der Waals surface area contributed by atoms with E-state index in [1.165, 1.54) is 0 Å². The van der Waals surface area contributed by atoms with Crippen molar-refractivity contribution in [3.8, 4) is 0 Å².